The molecule has 0 fully saturated rings. The highest BCUT2D eigenvalue weighted by Crippen LogP contribution is 2.16. The van der Waals surface area contributed by atoms with Crippen LogP contribution in [0.5, 0.6) is 5.75 Å². The third-order valence-corrected chi connectivity index (χ3v) is 5.89. The predicted octanol–water partition coefficient (Wildman–Crippen LogP) is 2.83. The summed E-state index contributed by atoms with van der Waals surface area (Å²) in [5.74, 6) is 0.0715. The maximum absolute atomic E-state index is 13.3. The SMILES string of the molecule is CCOc1ccc(NC(=O)/C(C#N)=c2/s/c(=C/c3cccnc3)c(=O)n2-c2ccccc2)cc1. The van der Waals surface area contributed by atoms with Crippen LogP contribution < -0.4 is 24.8 Å². The summed E-state index contributed by atoms with van der Waals surface area (Å²) in [5, 5.41) is 12.6. The van der Waals surface area contributed by atoms with E-state index in [2.05, 4.69) is 10.3 Å². The van der Waals surface area contributed by atoms with Crippen molar-refractivity contribution in [1.29, 1.82) is 5.26 Å². The van der Waals surface area contributed by atoms with Crippen LogP contribution in [-0.2, 0) is 4.79 Å². The summed E-state index contributed by atoms with van der Waals surface area (Å²) >= 11 is 1.08. The number of amides is 1. The normalized spacial score (nSPS) is 12.1. The zero-order valence-corrected chi connectivity index (χ0v) is 19.1. The van der Waals surface area contributed by atoms with Crippen molar-refractivity contribution in [3.05, 3.63) is 104 Å². The molecule has 4 rings (SSSR count). The van der Waals surface area contributed by atoms with Gasteiger partial charge in [0, 0.05) is 18.1 Å². The van der Waals surface area contributed by atoms with E-state index in [4.69, 9.17) is 4.74 Å². The molecule has 4 aromatic rings. The van der Waals surface area contributed by atoms with Crippen LogP contribution in [0.1, 0.15) is 12.5 Å². The third kappa shape index (κ3) is 4.95. The van der Waals surface area contributed by atoms with Crippen LogP contribution in [0.25, 0.3) is 17.3 Å². The van der Waals surface area contributed by atoms with Crippen molar-refractivity contribution in [3.8, 4) is 17.5 Å². The van der Waals surface area contributed by atoms with Crippen molar-refractivity contribution in [2.45, 2.75) is 6.92 Å². The molecule has 0 bridgehead atoms. The number of ether oxygens (including phenoxy) is 1. The number of pyridine rings is 1. The Morgan fingerprint density at radius 2 is 1.91 bits per heavy atom. The molecule has 0 aliphatic rings. The Kier molecular flexibility index (Phi) is 6.96. The Morgan fingerprint density at radius 3 is 2.56 bits per heavy atom. The minimum Gasteiger partial charge on any atom is -0.494 e. The number of nitrogens with zero attached hydrogens (tertiary/aromatic N) is 3. The second-order valence-corrected chi connectivity index (χ2v) is 8.11. The first kappa shape index (κ1) is 22.7. The molecule has 0 radical (unpaired) electrons. The number of thiazole rings is 1. The van der Waals surface area contributed by atoms with Gasteiger partial charge in [-0.15, -0.1) is 11.3 Å². The smallest absolute Gasteiger partial charge is 0.273 e. The number of carbonyl (C=O) groups excluding carboxylic acids is 1. The molecule has 0 aliphatic carbocycles. The molecular formula is C26H20N4O3S. The number of nitrogens with one attached hydrogen (secondary N) is 1. The molecule has 8 heteroatoms. The standard InChI is InChI=1S/C26H20N4O3S/c1-2-33-21-12-10-19(11-13-21)29-24(31)22(16-27)26-30(20-8-4-3-5-9-20)25(32)23(34-26)15-18-7-6-14-28-17-18/h3-15,17H,2H2,1H3,(H,29,31)/b23-15+,26-22+. The van der Waals surface area contributed by atoms with Gasteiger partial charge in [0.15, 0.2) is 5.57 Å². The Hall–Kier alpha value is -4.48. The van der Waals surface area contributed by atoms with Gasteiger partial charge >= 0.3 is 0 Å². The molecule has 2 aromatic carbocycles. The minimum absolute atomic E-state index is 0.161. The van der Waals surface area contributed by atoms with E-state index in [-0.39, 0.29) is 15.8 Å². The molecule has 1 N–H and O–H groups in total. The zero-order chi connectivity index (χ0) is 23.9. The van der Waals surface area contributed by atoms with Gasteiger partial charge in [-0.1, -0.05) is 24.3 Å². The van der Waals surface area contributed by atoms with E-state index in [0.29, 0.717) is 28.3 Å². The van der Waals surface area contributed by atoms with E-state index < -0.39 is 5.91 Å². The average molecular weight is 469 g/mol. The molecule has 0 spiro atoms. The summed E-state index contributed by atoms with van der Waals surface area (Å²) in [4.78, 5) is 30.5. The van der Waals surface area contributed by atoms with Crippen molar-refractivity contribution in [2.75, 3.05) is 11.9 Å². The molecule has 2 heterocycles. The predicted molar refractivity (Wildman–Crippen MR) is 132 cm³/mol. The molecule has 168 valence electrons. The first-order valence-electron chi connectivity index (χ1n) is 10.5. The van der Waals surface area contributed by atoms with Crippen LogP contribution >= 0.6 is 11.3 Å². The van der Waals surface area contributed by atoms with Gasteiger partial charge in [-0.05, 0) is 61.0 Å². The summed E-state index contributed by atoms with van der Waals surface area (Å²) in [7, 11) is 0. The average Bonchev–Trinajstić information content (AvgIpc) is 3.17. The maximum atomic E-state index is 13.3. The largest absolute Gasteiger partial charge is 0.494 e. The van der Waals surface area contributed by atoms with Crippen molar-refractivity contribution in [3.63, 3.8) is 0 Å². The van der Waals surface area contributed by atoms with E-state index in [0.717, 1.165) is 16.9 Å². The number of aromatic nitrogens is 2. The second-order valence-electron chi connectivity index (χ2n) is 7.08. The Balaban J connectivity index is 1.86. The number of benzene rings is 2. The van der Waals surface area contributed by atoms with Crippen molar-refractivity contribution in [1.82, 2.24) is 9.55 Å². The zero-order valence-electron chi connectivity index (χ0n) is 18.3. The number of rotatable bonds is 6. The highest BCUT2D eigenvalue weighted by molar-refractivity contribution is 7.07. The summed E-state index contributed by atoms with van der Waals surface area (Å²) in [6, 6.07) is 21.4. The van der Waals surface area contributed by atoms with Crippen LogP contribution in [0, 0.1) is 11.3 Å². The van der Waals surface area contributed by atoms with E-state index in [1.807, 2.05) is 25.1 Å². The first-order valence-corrected chi connectivity index (χ1v) is 11.3. The molecule has 0 saturated heterocycles. The molecular weight excluding hydrogens is 448 g/mol. The third-order valence-electron chi connectivity index (χ3n) is 4.80. The molecule has 0 unspecified atom stereocenters. The van der Waals surface area contributed by atoms with Crippen LogP contribution in [-0.4, -0.2) is 22.1 Å². The van der Waals surface area contributed by atoms with Gasteiger partial charge in [0.1, 0.15) is 16.5 Å². The fraction of sp³-hybridized carbons (Fsp3) is 0.0769. The molecule has 2 aromatic heterocycles. The second kappa shape index (κ2) is 10.4. The first-order chi connectivity index (χ1) is 16.6. The topological polar surface area (TPSA) is 97.0 Å². The lowest BCUT2D eigenvalue weighted by Gasteiger charge is -2.07. The van der Waals surface area contributed by atoms with Gasteiger partial charge in [-0.25, -0.2) is 0 Å². The van der Waals surface area contributed by atoms with Crippen LogP contribution in [0.4, 0.5) is 5.69 Å². The van der Waals surface area contributed by atoms with Crippen molar-refractivity contribution in [2.24, 2.45) is 0 Å². The number of para-hydroxylation sites is 1. The maximum Gasteiger partial charge on any atom is 0.273 e. The minimum atomic E-state index is -0.606. The summed E-state index contributed by atoms with van der Waals surface area (Å²) < 4.78 is 7.44. The number of nitriles is 1. The highest BCUT2D eigenvalue weighted by atomic mass is 32.1. The van der Waals surface area contributed by atoms with Gasteiger partial charge in [-0.3, -0.25) is 19.1 Å². The number of carbonyl (C=O) groups is 1. The van der Waals surface area contributed by atoms with Gasteiger partial charge in [0.25, 0.3) is 11.5 Å². The van der Waals surface area contributed by atoms with Gasteiger partial charge < -0.3 is 10.1 Å². The monoisotopic (exact) mass is 468 g/mol. The lowest BCUT2D eigenvalue weighted by atomic mass is 10.2. The Labute approximate surface area is 199 Å². The van der Waals surface area contributed by atoms with Gasteiger partial charge in [0.2, 0.25) is 0 Å². The summed E-state index contributed by atoms with van der Waals surface area (Å²) in [6.07, 6.45) is 4.98. The van der Waals surface area contributed by atoms with Crippen LogP contribution in [0.3, 0.4) is 0 Å². The summed E-state index contributed by atoms with van der Waals surface area (Å²) in [6.45, 7) is 2.42. The molecule has 0 saturated carbocycles. The number of hydrogen-bond acceptors (Lipinski definition) is 6. The quantitative estimate of drug-likeness (QED) is 0.469. The lowest BCUT2D eigenvalue weighted by molar-refractivity contribution is -0.111. The molecule has 0 aliphatic heterocycles. The molecule has 0 atom stereocenters. The Bertz CT molecular complexity index is 1520. The fourth-order valence-corrected chi connectivity index (χ4v) is 4.37. The van der Waals surface area contributed by atoms with E-state index >= 15 is 0 Å². The lowest BCUT2D eigenvalue weighted by Crippen LogP contribution is -2.32. The van der Waals surface area contributed by atoms with Gasteiger partial charge in [-0.2, -0.15) is 5.26 Å². The molecule has 34 heavy (non-hydrogen) atoms. The van der Waals surface area contributed by atoms with E-state index in [1.165, 1.54) is 4.57 Å². The highest BCUT2D eigenvalue weighted by Gasteiger charge is 2.17. The van der Waals surface area contributed by atoms with E-state index in [1.54, 1.807) is 73.1 Å². The number of anilines is 1. The Morgan fingerprint density at radius 1 is 1.15 bits per heavy atom. The van der Waals surface area contributed by atoms with Gasteiger partial charge in [0.05, 0.1) is 16.8 Å². The summed E-state index contributed by atoms with van der Waals surface area (Å²) in [5.41, 5.74) is 1.33. The van der Waals surface area contributed by atoms with Crippen molar-refractivity contribution < 1.29 is 9.53 Å². The van der Waals surface area contributed by atoms with Crippen molar-refractivity contribution >= 4 is 34.6 Å². The fourth-order valence-electron chi connectivity index (χ4n) is 3.26. The van der Waals surface area contributed by atoms with Crippen LogP contribution in [0.15, 0.2) is 83.9 Å². The number of hydrogen-bond donors (Lipinski definition) is 1. The molecule has 7 nitrogen and oxygen atoms in total. The van der Waals surface area contributed by atoms with E-state index in [9.17, 15) is 14.9 Å². The van der Waals surface area contributed by atoms with Crippen LogP contribution in [0.2, 0.25) is 0 Å². The molecule has 1 amide bonds.